The third kappa shape index (κ3) is 6.79. The largest absolute Gasteiger partial charge is 0.494 e. The number of nitrogens with one attached hydrogen (secondary N) is 3. The maximum absolute atomic E-state index is 12.2. The van der Waals surface area contributed by atoms with Crippen LogP contribution in [-0.2, 0) is 11.2 Å². The summed E-state index contributed by atoms with van der Waals surface area (Å²) in [6.07, 6.45) is 0.244. The predicted molar refractivity (Wildman–Crippen MR) is 111 cm³/mol. The molecule has 0 saturated carbocycles. The summed E-state index contributed by atoms with van der Waals surface area (Å²) < 4.78 is 11.0. The average molecular weight is 388 g/mol. The number of hydrogen-bond donors (Lipinski definition) is 3. The summed E-state index contributed by atoms with van der Waals surface area (Å²) in [5.41, 5.74) is 7.28. The number of carbonyl (C=O) groups excluding carboxylic acids is 1. The second kappa shape index (κ2) is 10.4. The molecule has 1 amide bonds. The highest BCUT2D eigenvalue weighted by Gasteiger charge is 2.15. The molecule has 0 spiro atoms. The second-order valence-corrected chi connectivity index (χ2v) is 6.20. The number of hydrazine groups is 1. The Balaban J connectivity index is 1.78. The van der Waals surface area contributed by atoms with Gasteiger partial charge in [0.2, 0.25) is 0 Å². The molecular weight excluding hydrogens is 362 g/mol. The van der Waals surface area contributed by atoms with Crippen molar-refractivity contribution in [3.63, 3.8) is 0 Å². The molecule has 6 nitrogen and oxygen atoms in total. The fraction of sp³-hybridized carbons (Fsp3) is 0.300. The number of ether oxygens (including phenoxy) is 2. The minimum Gasteiger partial charge on any atom is -0.494 e. The molecule has 2 aromatic rings. The SMILES string of the molecule is CCOc1ccc(O[C@H](C)C(=O)NNC(=S)Nc2cccc(CC)c2)cc1. The van der Waals surface area contributed by atoms with E-state index in [9.17, 15) is 4.79 Å². The fourth-order valence-corrected chi connectivity index (χ4v) is 2.46. The van der Waals surface area contributed by atoms with Gasteiger partial charge in [-0.1, -0.05) is 19.1 Å². The molecule has 0 aliphatic heterocycles. The Kier molecular flexibility index (Phi) is 7.88. The third-order valence-electron chi connectivity index (χ3n) is 3.71. The maximum atomic E-state index is 12.2. The molecule has 7 heteroatoms. The van der Waals surface area contributed by atoms with Gasteiger partial charge in [-0.3, -0.25) is 15.6 Å². The standard InChI is InChI=1S/C20H25N3O3S/c1-4-15-7-6-8-16(13-15)21-20(27)23-22-19(24)14(3)26-18-11-9-17(10-12-18)25-5-2/h6-14H,4-5H2,1-3H3,(H,22,24)(H2,21,23,27)/t14-/m1/s1. The zero-order chi connectivity index (χ0) is 19.6. The average Bonchev–Trinajstić information content (AvgIpc) is 2.68. The predicted octanol–water partition coefficient (Wildman–Crippen LogP) is 3.43. The second-order valence-electron chi connectivity index (χ2n) is 5.79. The van der Waals surface area contributed by atoms with E-state index in [-0.39, 0.29) is 5.91 Å². The van der Waals surface area contributed by atoms with Crippen molar-refractivity contribution in [2.75, 3.05) is 11.9 Å². The van der Waals surface area contributed by atoms with Crippen molar-refractivity contribution in [2.45, 2.75) is 33.3 Å². The van der Waals surface area contributed by atoms with Crippen molar-refractivity contribution in [3.05, 3.63) is 54.1 Å². The summed E-state index contributed by atoms with van der Waals surface area (Å²) in [4.78, 5) is 12.2. The van der Waals surface area contributed by atoms with Gasteiger partial charge in [-0.15, -0.1) is 0 Å². The van der Waals surface area contributed by atoms with Gasteiger partial charge < -0.3 is 14.8 Å². The zero-order valence-electron chi connectivity index (χ0n) is 15.7. The van der Waals surface area contributed by atoms with Crippen molar-refractivity contribution in [3.8, 4) is 11.5 Å². The molecule has 0 saturated heterocycles. The van der Waals surface area contributed by atoms with Crippen LogP contribution in [0.5, 0.6) is 11.5 Å². The molecule has 0 bridgehead atoms. The Bertz CT molecular complexity index is 765. The minimum atomic E-state index is -0.693. The molecule has 0 heterocycles. The van der Waals surface area contributed by atoms with Crippen LogP contribution in [0.4, 0.5) is 5.69 Å². The van der Waals surface area contributed by atoms with Crippen molar-refractivity contribution < 1.29 is 14.3 Å². The molecule has 0 fully saturated rings. The summed E-state index contributed by atoms with van der Waals surface area (Å²) in [5, 5.41) is 3.33. The van der Waals surface area contributed by atoms with Crippen LogP contribution < -0.4 is 25.6 Å². The van der Waals surface area contributed by atoms with E-state index in [2.05, 4.69) is 23.1 Å². The molecule has 3 N–H and O–H groups in total. The van der Waals surface area contributed by atoms with Gasteiger partial charge in [0.1, 0.15) is 11.5 Å². The molecule has 0 aliphatic rings. The van der Waals surface area contributed by atoms with Gasteiger partial charge in [0.25, 0.3) is 5.91 Å². The first-order valence-electron chi connectivity index (χ1n) is 8.87. The third-order valence-corrected chi connectivity index (χ3v) is 3.91. The van der Waals surface area contributed by atoms with E-state index < -0.39 is 6.10 Å². The van der Waals surface area contributed by atoms with Crippen LogP contribution in [0.15, 0.2) is 48.5 Å². The van der Waals surface area contributed by atoms with Gasteiger partial charge in [-0.05, 0) is 74.4 Å². The first-order valence-corrected chi connectivity index (χ1v) is 9.28. The molecular formula is C20H25N3O3S. The van der Waals surface area contributed by atoms with E-state index in [0.717, 1.165) is 17.9 Å². The lowest BCUT2D eigenvalue weighted by molar-refractivity contribution is -0.127. The number of anilines is 1. The molecule has 0 aliphatic carbocycles. The van der Waals surface area contributed by atoms with Crippen molar-refractivity contribution in [1.29, 1.82) is 0 Å². The highest BCUT2D eigenvalue weighted by atomic mass is 32.1. The zero-order valence-corrected chi connectivity index (χ0v) is 16.6. The summed E-state index contributed by atoms with van der Waals surface area (Å²) in [5.74, 6) is 1.00. The minimum absolute atomic E-state index is 0.296. The molecule has 0 radical (unpaired) electrons. The van der Waals surface area contributed by atoms with Crippen LogP contribution in [0, 0.1) is 0 Å². The van der Waals surface area contributed by atoms with Crippen molar-refractivity contribution in [2.24, 2.45) is 0 Å². The van der Waals surface area contributed by atoms with Gasteiger partial charge in [-0.25, -0.2) is 0 Å². The van der Waals surface area contributed by atoms with Crippen LogP contribution >= 0.6 is 12.2 Å². The number of rotatable bonds is 7. The van der Waals surface area contributed by atoms with Gasteiger partial charge in [0, 0.05) is 5.69 Å². The lowest BCUT2D eigenvalue weighted by Gasteiger charge is -2.17. The first kappa shape index (κ1) is 20.5. The van der Waals surface area contributed by atoms with E-state index in [0.29, 0.717) is 17.5 Å². The number of hydrogen-bond acceptors (Lipinski definition) is 4. The van der Waals surface area contributed by atoms with E-state index in [1.807, 2.05) is 31.2 Å². The molecule has 0 aromatic heterocycles. The van der Waals surface area contributed by atoms with E-state index in [1.165, 1.54) is 5.56 Å². The fourth-order valence-electron chi connectivity index (χ4n) is 2.29. The van der Waals surface area contributed by atoms with E-state index in [1.54, 1.807) is 31.2 Å². The van der Waals surface area contributed by atoms with Gasteiger partial charge in [0.15, 0.2) is 11.2 Å². The Hall–Kier alpha value is -2.80. The Morgan fingerprint density at radius 3 is 2.44 bits per heavy atom. The van der Waals surface area contributed by atoms with Crippen molar-refractivity contribution >= 4 is 28.9 Å². The molecule has 27 heavy (non-hydrogen) atoms. The Labute approximate surface area is 165 Å². The maximum Gasteiger partial charge on any atom is 0.279 e. The Morgan fingerprint density at radius 2 is 1.78 bits per heavy atom. The number of amides is 1. The summed E-state index contributed by atoms with van der Waals surface area (Å²) in [6, 6.07) is 15.0. The topological polar surface area (TPSA) is 71.6 Å². The molecule has 1 atom stereocenters. The monoisotopic (exact) mass is 387 g/mol. The quantitative estimate of drug-likeness (QED) is 0.499. The molecule has 2 aromatic carbocycles. The first-order chi connectivity index (χ1) is 13.0. The van der Waals surface area contributed by atoms with Crippen LogP contribution in [-0.4, -0.2) is 23.7 Å². The molecule has 144 valence electrons. The number of benzene rings is 2. The summed E-state index contributed by atoms with van der Waals surface area (Å²) in [6.45, 7) is 6.27. The molecule has 0 unspecified atom stereocenters. The van der Waals surface area contributed by atoms with E-state index in [4.69, 9.17) is 21.7 Å². The lowest BCUT2D eigenvalue weighted by Crippen LogP contribution is -2.48. The van der Waals surface area contributed by atoms with Crippen molar-refractivity contribution in [1.82, 2.24) is 10.9 Å². The van der Waals surface area contributed by atoms with Gasteiger partial charge in [-0.2, -0.15) is 0 Å². The highest BCUT2D eigenvalue weighted by molar-refractivity contribution is 7.80. The smallest absolute Gasteiger partial charge is 0.279 e. The normalized spacial score (nSPS) is 11.2. The van der Waals surface area contributed by atoms with Gasteiger partial charge >= 0.3 is 0 Å². The summed E-state index contributed by atoms with van der Waals surface area (Å²) >= 11 is 5.20. The van der Waals surface area contributed by atoms with Crippen LogP contribution in [0.2, 0.25) is 0 Å². The van der Waals surface area contributed by atoms with Gasteiger partial charge in [0.05, 0.1) is 6.61 Å². The van der Waals surface area contributed by atoms with Crippen LogP contribution in [0.3, 0.4) is 0 Å². The number of aryl methyl sites for hydroxylation is 1. The number of carbonyl (C=O) groups is 1. The highest BCUT2D eigenvalue weighted by Crippen LogP contribution is 2.18. The Morgan fingerprint density at radius 1 is 1.07 bits per heavy atom. The molecule has 2 rings (SSSR count). The number of thiocarbonyl (C=S) groups is 1. The lowest BCUT2D eigenvalue weighted by atomic mass is 10.1. The van der Waals surface area contributed by atoms with E-state index >= 15 is 0 Å². The van der Waals surface area contributed by atoms with Crippen LogP contribution in [0.1, 0.15) is 26.3 Å². The van der Waals surface area contributed by atoms with Crippen LogP contribution in [0.25, 0.3) is 0 Å². The summed E-state index contributed by atoms with van der Waals surface area (Å²) in [7, 11) is 0.